The first-order chi connectivity index (χ1) is 12.4. The number of primary amides is 2. The molecule has 0 saturated carbocycles. The van der Waals surface area contributed by atoms with Crippen LogP contribution in [0.25, 0.3) is 0 Å². The van der Waals surface area contributed by atoms with Gasteiger partial charge in [0.25, 0.3) is 0 Å². The van der Waals surface area contributed by atoms with Gasteiger partial charge in [0.15, 0.2) is 0 Å². The predicted molar refractivity (Wildman–Crippen MR) is 95.8 cm³/mol. The van der Waals surface area contributed by atoms with E-state index < -0.39 is 47.7 Å². The molecular weight excluding hydrogens is 358 g/mol. The molecule has 0 fully saturated rings. The van der Waals surface area contributed by atoms with Gasteiger partial charge in [-0.15, -0.1) is 0 Å². The number of nitrogens with one attached hydrogen (secondary N) is 2. The van der Waals surface area contributed by atoms with E-state index in [1.165, 1.54) is 0 Å². The van der Waals surface area contributed by atoms with Gasteiger partial charge in [0, 0.05) is 12.8 Å². The number of carbonyl (C=O) groups excluding carboxylic acids is 4. The number of aliphatic carboxylic acids is 1. The maximum atomic E-state index is 12.4. The summed E-state index contributed by atoms with van der Waals surface area (Å²) in [6.07, 6.45) is -0.255. The molecule has 0 heterocycles. The van der Waals surface area contributed by atoms with E-state index in [1.54, 1.807) is 13.8 Å². The Balaban J connectivity index is 5.07. The van der Waals surface area contributed by atoms with Crippen LogP contribution in [0.3, 0.4) is 0 Å². The zero-order chi connectivity index (χ0) is 21.1. The summed E-state index contributed by atoms with van der Waals surface area (Å²) in [5.41, 5.74) is 15.7. The normalized spacial score (nSPS) is 14.1. The summed E-state index contributed by atoms with van der Waals surface area (Å²) in [6.45, 7) is 3.60. The van der Waals surface area contributed by atoms with Crippen molar-refractivity contribution in [3.05, 3.63) is 0 Å². The van der Waals surface area contributed by atoms with Crippen LogP contribution in [-0.4, -0.2) is 52.8 Å². The maximum absolute atomic E-state index is 12.4. The topological polar surface area (TPSA) is 208 Å². The lowest BCUT2D eigenvalue weighted by Crippen LogP contribution is -2.54. The Labute approximate surface area is 157 Å². The molecule has 0 bridgehead atoms. The van der Waals surface area contributed by atoms with Crippen molar-refractivity contribution in [3.8, 4) is 0 Å². The van der Waals surface area contributed by atoms with E-state index in [-0.39, 0.29) is 38.0 Å². The highest BCUT2D eigenvalue weighted by Crippen LogP contribution is 2.07. The van der Waals surface area contributed by atoms with Crippen LogP contribution in [0, 0.1) is 5.92 Å². The van der Waals surface area contributed by atoms with Gasteiger partial charge in [-0.25, -0.2) is 4.79 Å². The number of carbonyl (C=O) groups is 5. The molecule has 11 nitrogen and oxygen atoms in total. The molecule has 0 spiro atoms. The Morgan fingerprint density at radius 3 is 1.78 bits per heavy atom. The van der Waals surface area contributed by atoms with Crippen LogP contribution >= 0.6 is 0 Å². The quantitative estimate of drug-likeness (QED) is 0.208. The molecule has 0 unspecified atom stereocenters. The summed E-state index contributed by atoms with van der Waals surface area (Å²) in [5.74, 6) is -4.00. The van der Waals surface area contributed by atoms with Gasteiger partial charge in [0.2, 0.25) is 23.6 Å². The number of hydrogen-bond acceptors (Lipinski definition) is 6. The Morgan fingerprint density at radius 1 is 0.852 bits per heavy atom. The Bertz CT molecular complexity index is 566. The van der Waals surface area contributed by atoms with Crippen LogP contribution in [0.1, 0.15) is 46.0 Å². The highest BCUT2D eigenvalue weighted by molar-refractivity contribution is 5.92. The van der Waals surface area contributed by atoms with Crippen LogP contribution in [-0.2, 0) is 24.0 Å². The minimum absolute atomic E-state index is 0.00674. The molecule has 4 amide bonds. The maximum Gasteiger partial charge on any atom is 0.326 e. The van der Waals surface area contributed by atoms with Crippen LogP contribution in [0.2, 0.25) is 0 Å². The van der Waals surface area contributed by atoms with Gasteiger partial charge >= 0.3 is 5.97 Å². The predicted octanol–water partition coefficient (Wildman–Crippen LogP) is -2.05. The molecule has 0 aliphatic rings. The summed E-state index contributed by atoms with van der Waals surface area (Å²) < 4.78 is 0. The van der Waals surface area contributed by atoms with Crippen LogP contribution in [0.4, 0.5) is 0 Å². The van der Waals surface area contributed by atoms with E-state index in [0.717, 1.165) is 0 Å². The summed E-state index contributed by atoms with van der Waals surface area (Å²) in [6, 6.07) is -3.43. The van der Waals surface area contributed by atoms with Crippen molar-refractivity contribution in [3.63, 3.8) is 0 Å². The fourth-order valence-corrected chi connectivity index (χ4v) is 2.23. The van der Waals surface area contributed by atoms with E-state index in [0.29, 0.717) is 0 Å². The zero-order valence-corrected chi connectivity index (χ0v) is 15.6. The first kappa shape index (κ1) is 24.3. The number of nitrogens with two attached hydrogens (primary N) is 3. The molecule has 0 aliphatic carbocycles. The van der Waals surface area contributed by atoms with Gasteiger partial charge in [-0.05, 0) is 25.2 Å². The molecule has 0 saturated heterocycles. The number of hydrogen-bond donors (Lipinski definition) is 6. The molecule has 0 aromatic rings. The van der Waals surface area contributed by atoms with Crippen molar-refractivity contribution in [1.29, 1.82) is 0 Å². The third-order valence-electron chi connectivity index (χ3n) is 3.67. The van der Waals surface area contributed by atoms with Crippen LogP contribution < -0.4 is 27.8 Å². The standard InChI is InChI=1S/C16H29N5O6/c1-8(2)7-11(16(26)27)21-15(25)10(4-6-13(19)23)20-14(24)9(17)3-5-12(18)22/h8-11H,3-7,17H2,1-2H3,(H2,18,22)(H2,19,23)(H,20,24)(H,21,25)(H,26,27)/t9-,10-,11-/m0/s1. The van der Waals surface area contributed by atoms with Crippen LogP contribution in [0.15, 0.2) is 0 Å². The fourth-order valence-electron chi connectivity index (χ4n) is 2.23. The number of carboxylic acids is 1. The van der Waals surface area contributed by atoms with Crippen molar-refractivity contribution in [2.24, 2.45) is 23.1 Å². The molecule has 0 rings (SSSR count). The van der Waals surface area contributed by atoms with Gasteiger partial charge in [0.05, 0.1) is 6.04 Å². The van der Waals surface area contributed by atoms with E-state index >= 15 is 0 Å². The molecular formula is C16H29N5O6. The summed E-state index contributed by atoms with van der Waals surface area (Å²) in [7, 11) is 0. The zero-order valence-electron chi connectivity index (χ0n) is 15.6. The molecule has 11 heteroatoms. The third-order valence-corrected chi connectivity index (χ3v) is 3.67. The van der Waals surface area contributed by atoms with Crippen LogP contribution in [0.5, 0.6) is 0 Å². The highest BCUT2D eigenvalue weighted by atomic mass is 16.4. The average molecular weight is 387 g/mol. The van der Waals surface area contributed by atoms with E-state index in [2.05, 4.69) is 10.6 Å². The van der Waals surface area contributed by atoms with E-state index in [4.69, 9.17) is 17.2 Å². The summed E-state index contributed by atoms with van der Waals surface area (Å²) >= 11 is 0. The van der Waals surface area contributed by atoms with Gasteiger partial charge in [0.1, 0.15) is 12.1 Å². The minimum atomic E-state index is -1.21. The first-order valence-electron chi connectivity index (χ1n) is 8.59. The van der Waals surface area contributed by atoms with E-state index in [9.17, 15) is 29.1 Å². The molecule has 0 radical (unpaired) electrons. The summed E-state index contributed by atoms with van der Waals surface area (Å²) in [4.78, 5) is 57.6. The molecule has 154 valence electrons. The smallest absolute Gasteiger partial charge is 0.326 e. The van der Waals surface area contributed by atoms with Gasteiger partial charge in [-0.2, -0.15) is 0 Å². The Hall–Kier alpha value is -2.69. The van der Waals surface area contributed by atoms with Gasteiger partial charge in [-0.1, -0.05) is 13.8 Å². The monoisotopic (exact) mass is 387 g/mol. The molecule has 27 heavy (non-hydrogen) atoms. The molecule has 9 N–H and O–H groups in total. The first-order valence-corrected chi connectivity index (χ1v) is 8.59. The lowest BCUT2D eigenvalue weighted by Gasteiger charge is -2.23. The minimum Gasteiger partial charge on any atom is -0.480 e. The van der Waals surface area contributed by atoms with Gasteiger partial charge in [-0.3, -0.25) is 19.2 Å². The molecule has 0 aromatic heterocycles. The number of amides is 4. The van der Waals surface area contributed by atoms with Gasteiger partial charge < -0.3 is 32.9 Å². The lowest BCUT2D eigenvalue weighted by molar-refractivity contribution is -0.142. The Morgan fingerprint density at radius 2 is 1.33 bits per heavy atom. The van der Waals surface area contributed by atoms with Crippen molar-refractivity contribution in [1.82, 2.24) is 10.6 Å². The molecule has 3 atom stereocenters. The molecule has 0 aliphatic heterocycles. The fraction of sp³-hybridized carbons (Fsp3) is 0.688. The summed E-state index contributed by atoms with van der Waals surface area (Å²) in [5, 5.41) is 13.9. The van der Waals surface area contributed by atoms with E-state index in [1.807, 2.05) is 0 Å². The van der Waals surface area contributed by atoms with Crippen molar-refractivity contribution < 1.29 is 29.1 Å². The Kier molecular flexibility index (Phi) is 10.7. The number of carboxylic acid groups (broad SMARTS) is 1. The lowest BCUT2D eigenvalue weighted by atomic mass is 10.0. The second kappa shape index (κ2) is 11.8. The number of rotatable bonds is 13. The highest BCUT2D eigenvalue weighted by Gasteiger charge is 2.28. The SMILES string of the molecule is CC(C)C[C@H](NC(=O)[C@H](CCC(N)=O)NC(=O)[C@@H](N)CCC(N)=O)C(=O)O. The molecule has 0 aromatic carbocycles. The van der Waals surface area contributed by atoms with Crippen molar-refractivity contribution in [2.45, 2.75) is 64.1 Å². The second-order valence-electron chi connectivity index (χ2n) is 6.71. The largest absolute Gasteiger partial charge is 0.480 e. The average Bonchev–Trinajstić information content (AvgIpc) is 2.54. The second-order valence-corrected chi connectivity index (χ2v) is 6.71. The van der Waals surface area contributed by atoms with Crippen molar-refractivity contribution >= 4 is 29.6 Å². The third kappa shape index (κ3) is 10.8. The van der Waals surface area contributed by atoms with Crippen molar-refractivity contribution in [2.75, 3.05) is 0 Å².